The summed E-state index contributed by atoms with van der Waals surface area (Å²) < 4.78 is 50.2. The van der Waals surface area contributed by atoms with Crippen molar-refractivity contribution in [1.29, 1.82) is 0 Å². The first-order chi connectivity index (χ1) is 8.69. The van der Waals surface area contributed by atoms with Crippen molar-refractivity contribution in [2.45, 2.75) is 20.0 Å². The van der Waals surface area contributed by atoms with Crippen LogP contribution in [0.25, 0.3) is 0 Å². The van der Waals surface area contributed by atoms with E-state index in [-0.39, 0.29) is 18.0 Å². The summed E-state index contributed by atoms with van der Waals surface area (Å²) in [7, 11) is 0. The highest BCUT2D eigenvalue weighted by molar-refractivity contribution is 5.94. The smallest absolute Gasteiger partial charge is 0.329 e. The molecule has 0 radical (unpaired) electrons. The molecule has 1 amide bonds. The second-order valence-electron chi connectivity index (χ2n) is 4.56. The second kappa shape index (κ2) is 5.99. The molecule has 3 nitrogen and oxygen atoms in total. The van der Waals surface area contributed by atoms with Gasteiger partial charge in [0.15, 0.2) is 0 Å². The minimum atomic E-state index is -4.49. The molecule has 0 spiro atoms. The summed E-state index contributed by atoms with van der Waals surface area (Å²) in [6.45, 7) is 1.99. The molecule has 106 valence electrons. The third kappa shape index (κ3) is 5.23. The van der Waals surface area contributed by atoms with Crippen LogP contribution < -0.4 is 0 Å². The molecule has 1 heterocycles. The van der Waals surface area contributed by atoms with Crippen LogP contribution in [0, 0.1) is 11.9 Å². The molecule has 0 aliphatic carbocycles. The maximum Gasteiger partial charge on any atom is 0.406 e. The van der Waals surface area contributed by atoms with Crippen molar-refractivity contribution in [3.63, 3.8) is 0 Å². The first-order valence-electron chi connectivity index (χ1n) is 5.66. The van der Waals surface area contributed by atoms with Gasteiger partial charge >= 0.3 is 6.18 Å². The first kappa shape index (κ1) is 15.4. The van der Waals surface area contributed by atoms with Crippen LogP contribution in [0.2, 0.25) is 0 Å². The lowest BCUT2D eigenvalue weighted by Crippen LogP contribution is -2.41. The van der Waals surface area contributed by atoms with Gasteiger partial charge in [0.25, 0.3) is 5.91 Å². The number of hydrogen-bond acceptors (Lipinski definition) is 2. The number of alkyl halides is 3. The number of carbonyl (C=O) groups excluding carboxylic acids is 1. The van der Waals surface area contributed by atoms with Gasteiger partial charge in [0.2, 0.25) is 5.95 Å². The molecule has 0 unspecified atom stereocenters. The van der Waals surface area contributed by atoms with Gasteiger partial charge in [-0.2, -0.15) is 17.6 Å². The quantitative estimate of drug-likeness (QED) is 0.626. The van der Waals surface area contributed by atoms with Crippen molar-refractivity contribution in [3.8, 4) is 0 Å². The number of pyridine rings is 1. The number of nitrogens with zero attached hydrogens (tertiary/aromatic N) is 2. The van der Waals surface area contributed by atoms with Crippen LogP contribution in [-0.2, 0) is 0 Å². The molecule has 1 aromatic heterocycles. The zero-order chi connectivity index (χ0) is 14.6. The third-order valence-corrected chi connectivity index (χ3v) is 2.22. The number of hydrogen-bond donors (Lipinski definition) is 0. The van der Waals surface area contributed by atoms with Gasteiger partial charge in [-0.1, -0.05) is 13.8 Å². The number of halogens is 4. The van der Waals surface area contributed by atoms with Crippen molar-refractivity contribution in [1.82, 2.24) is 9.88 Å². The number of rotatable bonds is 4. The van der Waals surface area contributed by atoms with E-state index in [1.165, 1.54) is 6.07 Å². The van der Waals surface area contributed by atoms with Gasteiger partial charge in [0.05, 0.1) is 0 Å². The molecule has 0 N–H and O–H groups in total. The average molecular weight is 278 g/mol. The maximum atomic E-state index is 12.9. The lowest BCUT2D eigenvalue weighted by molar-refractivity contribution is -0.141. The van der Waals surface area contributed by atoms with Crippen LogP contribution in [-0.4, -0.2) is 35.1 Å². The minimum Gasteiger partial charge on any atom is -0.329 e. The monoisotopic (exact) mass is 278 g/mol. The van der Waals surface area contributed by atoms with E-state index in [0.29, 0.717) is 4.90 Å². The largest absolute Gasteiger partial charge is 0.406 e. The van der Waals surface area contributed by atoms with E-state index in [1.54, 1.807) is 13.8 Å². The van der Waals surface area contributed by atoms with Crippen molar-refractivity contribution in [2.24, 2.45) is 5.92 Å². The van der Waals surface area contributed by atoms with Crippen molar-refractivity contribution in [3.05, 3.63) is 29.8 Å². The number of amides is 1. The predicted molar refractivity (Wildman–Crippen MR) is 61.0 cm³/mol. The summed E-state index contributed by atoms with van der Waals surface area (Å²) in [4.78, 5) is 15.9. The highest BCUT2D eigenvalue weighted by atomic mass is 19.4. The molecule has 19 heavy (non-hydrogen) atoms. The Balaban J connectivity index is 2.93. The van der Waals surface area contributed by atoms with E-state index in [2.05, 4.69) is 4.98 Å². The fourth-order valence-corrected chi connectivity index (χ4v) is 1.59. The fourth-order valence-electron chi connectivity index (χ4n) is 1.59. The molecule has 0 saturated carbocycles. The van der Waals surface area contributed by atoms with Crippen LogP contribution in [0.15, 0.2) is 18.3 Å². The third-order valence-electron chi connectivity index (χ3n) is 2.22. The SMILES string of the molecule is CC(C)CN(CC(F)(F)F)C(=O)c1ccnc(F)c1. The van der Waals surface area contributed by atoms with Crippen LogP contribution in [0.5, 0.6) is 0 Å². The van der Waals surface area contributed by atoms with E-state index < -0.39 is 24.6 Å². The van der Waals surface area contributed by atoms with Crippen LogP contribution >= 0.6 is 0 Å². The molecular formula is C12H14F4N2O. The highest BCUT2D eigenvalue weighted by Crippen LogP contribution is 2.19. The zero-order valence-corrected chi connectivity index (χ0v) is 10.5. The maximum absolute atomic E-state index is 12.9. The molecule has 0 saturated heterocycles. The van der Waals surface area contributed by atoms with Crippen LogP contribution in [0.1, 0.15) is 24.2 Å². The lowest BCUT2D eigenvalue weighted by atomic mass is 10.1. The van der Waals surface area contributed by atoms with E-state index in [4.69, 9.17) is 0 Å². The average Bonchev–Trinajstić information content (AvgIpc) is 2.24. The van der Waals surface area contributed by atoms with E-state index in [1.807, 2.05) is 0 Å². The molecule has 0 aromatic carbocycles. The van der Waals surface area contributed by atoms with Crippen molar-refractivity contribution >= 4 is 5.91 Å². The summed E-state index contributed by atoms with van der Waals surface area (Å²) in [6.07, 6.45) is -3.44. The van der Waals surface area contributed by atoms with Crippen LogP contribution in [0.3, 0.4) is 0 Å². The predicted octanol–water partition coefficient (Wildman–Crippen LogP) is 2.88. The van der Waals surface area contributed by atoms with E-state index in [9.17, 15) is 22.4 Å². The Kier molecular flexibility index (Phi) is 4.85. The zero-order valence-electron chi connectivity index (χ0n) is 10.5. The Bertz CT molecular complexity index is 446. The molecule has 0 fully saturated rings. The van der Waals surface area contributed by atoms with Gasteiger partial charge < -0.3 is 4.90 Å². The standard InChI is InChI=1S/C12H14F4N2O/c1-8(2)6-18(7-12(14,15)16)11(19)9-3-4-17-10(13)5-9/h3-5,8H,6-7H2,1-2H3. The Labute approximate surface area is 108 Å². The molecule has 7 heteroatoms. The molecule has 1 aromatic rings. The highest BCUT2D eigenvalue weighted by Gasteiger charge is 2.33. The minimum absolute atomic E-state index is 0.0533. The Morgan fingerprint density at radius 3 is 2.53 bits per heavy atom. The van der Waals surface area contributed by atoms with Gasteiger partial charge in [-0.05, 0) is 12.0 Å². The Morgan fingerprint density at radius 2 is 2.05 bits per heavy atom. The van der Waals surface area contributed by atoms with Crippen molar-refractivity contribution in [2.75, 3.05) is 13.1 Å². The Morgan fingerprint density at radius 1 is 1.42 bits per heavy atom. The molecular weight excluding hydrogens is 264 g/mol. The summed E-state index contributed by atoms with van der Waals surface area (Å²) >= 11 is 0. The normalized spacial score (nSPS) is 11.7. The van der Waals surface area contributed by atoms with E-state index >= 15 is 0 Å². The van der Waals surface area contributed by atoms with Crippen LogP contribution in [0.4, 0.5) is 17.6 Å². The first-order valence-corrected chi connectivity index (χ1v) is 5.66. The van der Waals surface area contributed by atoms with Gasteiger partial charge in [-0.3, -0.25) is 4.79 Å². The number of aromatic nitrogens is 1. The molecule has 0 atom stereocenters. The van der Waals surface area contributed by atoms with Crippen molar-refractivity contribution < 1.29 is 22.4 Å². The summed E-state index contributed by atoms with van der Waals surface area (Å²) in [5, 5.41) is 0. The summed E-state index contributed by atoms with van der Waals surface area (Å²) in [5.74, 6) is -1.88. The summed E-state index contributed by atoms with van der Waals surface area (Å²) in [5.41, 5.74) is -0.141. The second-order valence-corrected chi connectivity index (χ2v) is 4.56. The van der Waals surface area contributed by atoms with Gasteiger partial charge in [-0.25, -0.2) is 4.98 Å². The number of carbonyl (C=O) groups is 1. The molecule has 0 bridgehead atoms. The Hall–Kier alpha value is -1.66. The van der Waals surface area contributed by atoms with E-state index in [0.717, 1.165) is 12.3 Å². The summed E-state index contributed by atoms with van der Waals surface area (Å²) in [6, 6.07) is 2.02. The molecule has 1 rings (SSSR count). The molecule has 0 aliphatic heterocycles. The topological polar surface area (TPSA) is 33.2 Å². The molecule has 0 aliphatic rings. The van der Waals surface area contributed by atoms with Gasteiger partial charge in [0.1, 0.15) is 6.54 Å². The fraction of sp³-hybridized carbons (Fsp3) is 0.500. The van der Waals surface area contributed by atoms with Gasteiger partial charge in [-0.15, -0.1) is 0 Å². The van der Waals surface area contributed by atoms with Gasteiger partial charge in [0, 0.05) is 24.4 Å². The lowest BCUT2D eigenvalue weighted by Gasteiger charge is -2.25.